The summed E-state index contributed by atoms with van der Waals surface area (Å²) >= 11 is 0. The highest BCUT2D eigenvalue weighted by Gasteiger charge is 2.09. The van der Waals surface area contributed by atoms with Crippen LogP contribution in [0.25, 0.3) is 0 Å². The molecule has 92 valence electrons. The predicted molar refractivity (Wildman–Crippen MR) is 69.9 cm³/mol. The van der Waals surface area contributed by atoms with Gasteiger partial charge in [0.25, 0.3) is 5.91 Å². The second-order valence-corrected chi connectivity index (χ2v) is 3.23. The number of hydrazone groups is 1. The van der Waals surface area contributed by atoms with Crippen LogP contribution in [0.5, 0.6) is 0 Å². The molecule has 0 aliphatic rings. The molecular formula is C13H9N5O. The molecule has 1 amide bonds. The Morgan fingerprint density at radius 1 is 1.32 bits per heavy atom. The number of nitriles is 2. The first kappa shape index (κ1) is 13.8. The maximum Gasteiger partial charge on any atom is 0.254 e. The Bertz CT molecular complexity index is 612. The van der Waals surface area contributed by atoms with Crippen LogP contribution in [0.15, 0.2) is 29.4 Å². The van der Waals surface area contributed by atoms with E-state index in [0.717, 1.165) is 0 Å². The highest BCUT2D eigenvalue weighted by molar-refractivity contribution is 6.10. The zero-order chi connectivity index (χ0) is 14.1. The molecule has 1 aromatic rings. The average molecular weight is 251 g/mol. The number of terminal acetylenes is 1. The second-order valence-electron chi connectivity index (χ2n) is 3.23. The van der Waals surface area contributed by atoms with Gasteiger partial charge in [0.05, 0.1) is 17.8 Å². The number of hydrogen-bond donors (Lipinski definition) is 2. The maximum absolute atomic E-state index is 11.8. The number of carbonyl (C=O) groups is 1. The van der Waals surface area contributed by atoms with Crippen molar-refractivity contribution in [2.75, 3.05) is 12.0 Å². The van der Waals surface area contributed by atoms with E-state index in [0.29, 0.717) is 11.3 Å². The van der Waals surface area contributed by atoms with Crippen molar-refractivity contribution in [3.05, 3.63) is 29.8 Å². The van der Waals surface area contributed by atoms with Gasteiger partial charge in [0.1, 0.15) is 12.1 Å². The quantitative estimate of drug-likeness (QED) is 0.471. The fourth-order valence-corrected chi connectivity index (χ4v) is 1.20. The standard InChI is InChI=1S/C13H9N5O/c1-2-7-16-13(19)11-5-3-4-6-12(11)18-17-10(8-14)9-15/h1,3-6,18H,7H2,(H,16,19). The first-order chi connectivity index (χ1) is 9.22. The Kier molecular flexibility index (Phi) is 5.15. The molecule has 0 saturated heterocycles. The average Bonchev–Trinajstić information content (AvgIpc) is 2.46. The lowest BCUT2D eigenvalue weighted by Crippen LogP contribution is -2.24. The lowest BCUT2D eigenvalue weighted by atomic mass is 10.1. The van der Waals surface area contributed by atoms with Gasteiger partial charge >= 0.3 is 0 Å². The number of anilines is 1. The summed E-state index contributed by atoms with van der Waals surface area (Å²) in [4.78, 5) is 11.8. The molecule has 0 fully saturated rings. The minimum absolute atomic E-state index is 0.109. The van der Waals surface area contributed by atoms with Gasteiger partial charge in [-0.2, -0.15) is 15.6 Å². The molecule has 0 radical (unpaired) electrons. The van der Waals surface area contributed by atoms with Gasteiger partial charge in [0, 0.05) is 0 Å². The number of rotatable bonds is 4. The largest absolute Gasteiger partial charge is 0.341 e. The summed E-state index contributed by atoms with van der Waals surface area (Å²) in [6.45, 7) is 0.109. The van der Waals surface area contributed by atoms with Gasteiger partial charge in [-0.15, -0.1) is 6.42 Å². The fourth-order valence-electron chi connectivity index (χ4n) is 1.20. The summed E-state index contributed by atoms with van der Waals surface area (Å²) in [6, 6.07) is 9.74. The predicted octanol–water partition coefficient (Wildman–Crippen LogP) is 0.865. The van der Waals surface area contributed by atoms with E-state index in [2.05, 4.69) is 21.8 Å². The van der Waals surface area contributed by atoms with Gasteiger partial charge in [-0.3, -0.25) is 10.2 Å². The van der Waals surface area contributed by atoms with Crippen molar-refractivity contribution in [3.8, 4) is 24.5 Å². The number of amides is 1. The van der Waals surface area contributed by atoms with E-state index in [1.54, 1.807) is 36.4 Å². The third kappa shape index (κ3) is 3.89. The van der Waals surface area contributed by atoms with E-state index in [1.807, 2.05) is 0 Å². The van der Waals surface area contributed by atoms with Crippen molar-refractivity contribution in [1.29, 1.82) is 10.5 Å². The first-order valence-corrected chi connectivity index (χ1v) is 5.17. The minimum Gasteiger partial charge on any atom is -0.341 e. The van der Waals surface area contributed by atoms with Crippen LogP contribution in [0.3, 0.4) is 0 Å². The zero-order valence-corrected chi connectivity index (χ0v) is 9.84. The maximum atomic E-state index is 11.8. The smallest absolute Gasteiger partial charge is 0.254 e. The number of nitrogens with zero attached hydrogens (tertiary/aromatic N) is 3. The number of para-hydroxylation sites is 1. The molecule has 0 aromatic heterocycles. The van der Waals surface area contributed by atoms with E-state index in [-0.39, 0.29) is 18.2 Å². The van der Waals surface area contributed by atoms with Gasteiger partial charge in [0.15, 0.2) is 0 Å². The Balaban J connectivity index is 2.95. The highest BCUT2D eigenvalue weighted by atomic mass is 16.1. The third-order valence-electron chi connectivity index (χ3n) is 2.02. The van der Waals surface area contributed by atoms with E-state index >= 15 is 0 Å². The molecule has 0 bridgehead atoms. The van der Waals surface area contributed by atoms with Crippen LogP contribution >= 0.6 is 0 Å². The first-order valence-electron chi connectivity index (χ1n) is 5.17. The van der Waals surface area contributed by atoms with Crippen LogP contribution in [-0.2, 0) is 0 Å². The third-order valence-corrected chi connectivity index (χ3v) is 2.02. The van der Waals surface area contributed by atoms with E-state index in [4.69, 9.17) is 16.9 Å². The topological polar surface area (TPSA) is 101 Å². The van der Waals surface area contributed by atoms with E-state index in [9.17, 15) is 4.79 Å². The molecule has 0 unspecified atom stereocenters. The summed E-state index contributed by atoms with van der Waals surface area (Å²) in [5.41, 5.74) is 2.86. The van der Waals surface area contributed by atoms with Crippen LogP contribution in [-0.4, -0.2) is 18.2 Å². The molecule has 6 heteroatoms. The summed E-state index contributed by atoms with van der Waals surface area (Å²) in [5, 5.41) is 23.2. The van der Waals surface area contributed by atoms with Crippen molar-refractivity contribution in [1.82, 2.24) is 5.32 Å². The van der Waals surface area contributed by atoms with E-state index < -0.39 is 0 Å². The van der Waals surface area contributed by atoms with Crippen LogP contribution in [0, 0.1) is 35.0 Å². The molecule has 0 heterocycles. The molecule has 1 rings (SSSR count). The molecule has 19 heavy (non-hydrogen) atoms. The number of benzene rings is 1. The van der Waals surface area contributed by atoms with Crippen LogP contribution < -0.4 is 10.7 Å². The van der Waals surface area contributed by atoms with Gasteiger partial charge in [0.2, 0.25) is 5.71 Å². The van der Waals surface area contributed by atoms with Crippen molar-refractivity contribution in [2.45, 2.75) is 0 Å². The molecule has 1 aromatic carbocycles. The normalized spacial score (nSPS) is 8.26. The van der Waals surface area contributed by atoms with Crippen LogP contribution in [0.4, 0.5) is 5.69 Å². The van der Waals surface area contributed by atoms with Gasteiger partial charge in [-0.25, -0.2) is 0 Å². The number of nitrogens with one attached hydrogen (secondary N) is 2. The van der Waals surface area contributed by atoms with Crippen LogP contribution in [0.2, 0.25) is 0 Å². The van der Waals surface area contributed by atoms with Crippen molar-refractivity contribution in [2.24, 2.45) is 5.10 Å². The van der Waals surface area contributed by atoms with Gasteiger partial charge in [-0.1, -0.05) is 18.1 Å². The lowest BCUT2D eigenvalue weighted by Gasteiger charge is -2.07. The summed E-state index contributed by atoms with van der Waals surface area (Å²) in [6.07, 6.45) is 5.05. The van der Waals surface area contributed by atoms with Crippen molar-refractivity contribution in [3.63, 3.8) is 0 Å². The highest BCUT2D eigenvalue weighted by Crippen LogP contribution is 2.14. The Hall–Kier alpha value is -3.30. The molecule has 2 N–H and O–H groups in total. The zero-order valence-electron chi connectivity index (χ0n) is 9.84. The molecule has 0 aliphatic carbocycles. The van der Waals surface area contributed by atoms with Gasteiger partial charge < -0.3 is 5.32 Å². The van der Waals surface area contributed by atoms with Crippen molar-refractivity contribution >= 4 is 17.3 Å². The lowest BCUT2D eigenvalue weighted by molar-refractivity contribution is 0.0959. The van der Waals surface area contributed by atoms with Crippen molar-refractivity contribution < 1.29 is 4.79 Å². The Morgan fingerprint density at radius 3 is 2.63 bits per heavy atom. The van der Waals surface area contributed by atoms with Crippen LogP contribution in [0.1, 0.15) is 10.4 Å². The summed E-state index contributed by atoms with van der Waals surface area (Å²) in [7, 11) is 0. The second kappa shape index (κ2) is 7.11. The Morgan fingerprint density at radius 2 is 2.00 bits per heavy atom. The van der Waals surface area contributed by atoms with E-state index in [1.165, 1.54) is 0 Å². The molecule has 0 aliphatic heterocycles. The molecule has 6 nitrogen and oxygen atoms in total. The number of hydrogen-bond acceptors (Lipinski definition) is 5. The monoisotopic (exact) mass is 251 g/mol. The summed E-state index contributed by atoms with van der Waals surface area (Å²) in [5.74, 6) is 1.92. The fraction of sp³-hybridized carbons (Fsp3) is 0.0769. The molecular weight excluding hydrogens is 242 g/mol. The van der Waals surface area contributed by atoms with Gasteiger partial charge in [-0.05, 0) is 12.1 Å². The summed E-state index contributed by atoms with van der Waals surface area (Å²) < 4.78 is 0. The molecule has 0 saturated carbocycles. The molecule has 0 spiro atoms. The minimum atomic E-state index is -0.369. The Labute approximate surface area is 110 Å². The number of carbonyl (C=O) groups excluding carboxylic acids is 1. The molecule has 0 atom stereocenters. The SMILES string of the molecule is C#CCNC(=O)c1ccccc1NN=C(C#N)C#N.